The summed E-state index contributed by atoms with van der Waals surface area (Å²) in [5.41, 5.74) is 21.4. The molecule has 0 unspecified atom stereocenters. The van der Waals surface area contributed by atoms with E-state index >= 15 is 0 Å². The highest BCUT2D eigenvalue weighted by Gasteiger charge is 1.94. The third-order valence-electron chi connectivity index (χ3n) is 2.21. The van der Waals surface area contributed by atoms with Crippen LogP contribution in [-0.4, -0.2) is 13.1 Å². The molecular formula is C14H28Cl5N5. The van der Waals surface area contributed by atoms with Crippen LogP contribution < -0.4 is 90.7 Å². The van der Waals surface area contributed by atoms with Gasteiger partial charge in [0.1, 0.15) is 18.8 Å². The molecule has 24 heavy (non-hydrogen) atoms. The minimum Gasteiger partial charge on any atom is -1.00 e. The van der Waals surface area contributed by atoms with E-state index in [0.29, 0.717) is 0 Å². The molecule has 0 aliphatic carbocycles. The zero-order valence-electron chi connectivity index (χ0n) is 13.5. The maximum atomic E-state index is 3.76. The van der Waals surface area contributed by atoms with Gasteiger partial charge in [0, 0.05) is 12.1 Å². The second kappa shape index (κ2) is 27.5. The van der Waals surface area contributed by atoms with E-state index in [2.05, 4.69) is 28.7 Å². The normalized spacial score (nSPS) is 6.88. The standard InChI is InChI=1S/C6H8N2.C6H7N.C2H8N2.5ClH/c7-5-3-1-2-4-6(5)8;7-6-4-2-1-3-5-6;3-1-2-4;;;;;/h1-4H,7-8H2;1-5H,7H2;1-4H2;5*1H. The Morgan fingerprint density at radius 2 is 0.792 bits per heavy atom. The molecule has 0 amide bonds. The quantitative estimate of drug-likeness (QED) is 0.286. The lowest BCUT2D eigenvalue weighted by molar-refractivity contribution is -0.453. The molecule has 0 spiro atoms. The summed E-state index contributed by atoms with van der Waals surface area (Å²) in [5.74, 6) is 0. The summed E-state index contributed by atoms with van der Waals surface area (Å²) < 4.78 is 0. The molecule has 5 nitrogen and oxygen atoms in total. The van der Waals surface area contributed by atoms with Crippen LogP contribution in [-0.2, 0) is 0 Å². The van der Waals surface area contributed by atoms with Crippen molar-refractivity contribution in [1.29, 1.82) is 0 Å². The highest BCUT2D eigenvalue weighted by Crippen LogP contribution is 2.06. The lowest BCUT2D eigenvalue weighted by Gasteiger charge is -1.85. The minimum atomic E-state index is 0. The van der Waals surface area contributed by atoms with Crippen LogP contribution in [0, 0.1) is 0 Å². The molecule has 0 fully saturated rings. The summed E-state index contributed by atoms with van der Waals surface area (Å²) in [7, 11) is 0. The van der Waals surface area contributed by atoms with Gasteiger partial charge in [0.05, 0.1) is 0 Å². The van der Waals surface area contributed by atoms with E-state index in [1.54, 1.807) is 0 Å². The first kappa shape index (κ1) is 39.0. The van der Waals surface area contributed by atoms with Crippen molar-refractivity contribution in [2.45, 2.75) is 0 Å². The van der Waals surface area contributed by atoms with Gasteiger partial charge in [0.25, 0.3) is 0 Å². The highest BCUT2D eigenvalue weighted by atomic mass is 35.5. The van der Waals surface area contributed by atoms with Crippen molar-refractivity contribution >= 4 is 17.1 Å². The Hall–Kier alpha value is -0.310. The zero-order chi connectivity index (χ0) is 14.5. The van der Waals surface area contributed by atoms with Gasteiger partial charge in [-0.2, -0.15) is 0 Å². The average Bonchev–Trinajstić information content (AvgIpc) is 2.44. The first-order valence-electron chi connectivity index (χ1n) is 6.30. The molecule has 0 saturated heterocycles. The number of quaternary nitrogens is 5. The summed E-state index contributed by atoms with van der Waals surface area (Å²) >= 11 is 0. The molecule has 0 radical (unpaired) electrons. The summed E-state index contributed by atoms with van der Waals surface area (Å²) in [6, 6.07) is 17.7. The molecule has 2 rings (SSSR count). The van der Waals surface area contributed by atoms with Gasteiger partial charge < -0.3 is 90.7 Å². The molecule has 2 aromatic carbocycles. The molecule has 0 aliphatic heterocycles. The van der Waals surface area contributed by atoms with Crippen molar-refractivity contribution in [3.63, 3.8) is 0 Å². The van der Waals surface area contributed by atoms with E-state index < -0.39 is 0 Å². The predicted octanol–water partition coefficient (Wildman–Crippen LogP) is -17.5. The van der Waals surface area contributed by atoms with Crippen molar-refractivity contribution < 1.29 is 90.7 Å². The lowest BCUT2D eigenvalue weighted by Crippen LogP contribution is -3.00. The number of halogens is 5. The van der Waals surface area contributed by atoms with Gasteiger partial charge in [-0.05, 0) is 12.1 Å². The van der Waals surface area contributed by atoms with Gasteiger partial charge in [-0.15, -0.1) is 0 Å². The molecular weight excluding hydrogens is 415 g/mol. The number of benzene rings is 2. The van der Waals surface area contributed by atoms with Crippen molar-refractivity contribution in [3.8, 4) is 0 Å². The molecule has 15 N–H and O–H groups in total. The largest absolute Gasteiger partial charge is 1.00 e. The van der Waals surface area contributed by atoms with E-state index in [4.69, 9.17) is 0 Å². The van der Waals surface area contributed by atoms with Crippen LogP contribution in [0.1, 0.15) is 0 Å². The lowest BCUT2D eigenvalue weighted by atomic mass is 10.3. The van der Waals surface area contributed by atoms with Crippen LogP contribution in [0.5, 0.6) is 0 Å². The zero-order valence-corrected chi connectivity index (χ0v) is 17.3. The van der Waals surface area contributed by atoms with Gasteiger partial charge in [-0.1, -0.05) is 30.3 Å². The molecule has 0 aliphatic rings. The Balaban J connectivity index is -0.0000000478. The molecule has 0 bridgehead atoms. The third-order valence-corrected chi connectivity index (χ3v) is 2.21. The fourth-order valence-electron chi connectivity index (χ4n) is 1.04. The SMILES string of the molecule is [Cl-].[Cl-].[Cl-].[Cl-].[Cl-].[NH3+]CC[NH3+].[NH3+]c1ccccc1.[NH3+]c1ccccc1[NH3+]. The van der Waals surface area contributed by atoms with E-state index in [1.807, 2.05) is 54.6 Å². The average molecular weight is 444 g/mol. The first-order valence-corrected chi connectivity index (χ1v) is 6.30. The Kier molecular flexibility index (Phi) is 44.7. The number of rotatable bonds is 1. The van der Waals surface area contributed by atoms with Gasteiger partial charge in [-0.25, -0.2) is 0 Å². The van der Waals surface area contributed by atoms with Gasteiger partial charge in [0.2, 0.25) is 0 Å². The van der Waals surface area contributed by atoms with Crippen molar-refractivity contribution in [3.05, 3.63) is 54.6 Å². The van der Waals surface area contributed by atoms with Gasteiger partial charge in [0.15, 0.2) is 11.4 Å². The molecule has 0 atom stereocenters. The monoisotopic (exact) mass is 441 g/mol. The molecule has 2 aromatic rings. The van der Waals surface area contributed by atoms with E-state index in [9.17, 15) is 0 Å². The van der Waals surface area contributed by atoms with Crippen LogP contribution in [0.4, 0.5) is 17.1 Å². The minimum absolute atomic E-state index is 0. The van der Waals surface area contributed by atoms with Crippen LogP contribution in [0.15, 0.2) is 54.6 Å². The molecule has 10 heteroatoms. The van der Waals surface area contributed by atoms with Crippen LogP contribution >= 0.6 is 0 Å². The van der Waals surface area contributed by atoms with E-state index in [0.717, 1.165) is 30.2 Å². The van der Waals surface area contributed by atoms with Crippen molar-refractivity contribution in [2.24, 2.45) is 0 Å². The fourth-order valence-corrected chi connectivity index (χ4v) is 1.04. The fraction of sp³-hybridized carbons (Fsp3) is 0.143. The topological polar surface area (TPSA) is 138 Å². The first-order chi connectivity index (χ1) is 9.11. The second-order valence-electron chi connectivity index (χ2n) is 3.96. The Labute approximate surface area is 175 Å². The number of hydrogen-bond acceptors (Lipinski definition) is 0. The van der Waals surface area contributed by atoms with Gasteiger partial charge in [-0.3, -0.25) is 0 Å². The summed E-state index contributed by atoms with van der Waals surface area (Å²) in [5, 5.41) is 0. The molecule has 144 valence electrons. The maximum Gasteiger partial charge on any atom is 0.189 e. The summed E-state index contributed by atoms with van der Waals surface area (Å²) in [4.78, 5) is 0. The molecule has 0 aromatic heterocycles. The number of hydrogen-bond donors (Lipinski definition) is 5. The van der Waals surface area contributed by atoms with Crippen LogP contribution in [0.3, 0.4) is 0 Å². The summed E-state index contributed by atoms with van der Waals surface area (Å²) in [6.07, 6.45) is 0. The summed E-state index contributed by atoms with van der Waals surface area (Å²) in [6.45, 7) is 1.92. The maximum absolute atomic E-state index is 3.76. The second-order valence-corrected chi connectivity index (χ2v) is 3.96. The Morgan fingerprint density at radius 1 is 0.500 bits per heavy atom. The van der Waals surface area contributed by atoms with Crippen LogP contribution in [0.2, 0.25) is 0 Å². The molecule has 0 saturated carbocycles. The van der Waals surface area contributed by atoms with Crippen LogP contribution in [0.25, 0.3) is 0 Å². The third kappa shape index (κ3) is 23.9. The van der Waals surface area contributed by atoms with Crippen molar-refractivity contribution in [1.82, 2.24) is 0 Å². The smallest absolute Gasteiger partial charge is 0.189 e. The van der Waals surface area contributed by atoms with Gasteiger partial charge >= 0.3 is 0 Å². The Morgan fingerprint density at radius 3 is 0.958 bits per heavy atom. The highest BCUT2D eigenvalue weighted by molar-refractivity contribution is 5.48. The van der Waals surface area contributed by atoms with E-state index in [1.165, 1.54) is 0 Å². The molecule has 0 heterocycles. The Bertz CT molecular complexity index is 426. The van der Waals surface area contributed by atoms with E-state index in [-0.39, 0.29) is 62.0 Å². The predicted molar refractivity (Wildman–Crippen MR) is 76.0 cm³/mol. The van der Waals surface area contributed by atoms with Crippen molar-refractivity contribution in [2.75, 3.05) is 13.1 Å².